The zero-order chi connectivity index (χ0) is 15.3. The molecular formula is C9H9F3N2O4S. The molecular weight excluding hydrogens is 289 g/mol. The Morgan fingerprint density at radius 1 is 1.42 bits per heavy atom. The van der Waals surface area contributed by atoms with Crippen molar-refractivity contribution in [2.75, 3.05) is 12.8 Å². The molecule has 0 spiro atoms. The van der Waals surface area contributed by atoms with E-state index in [2.05, 4.69) is 9.03 Å². The molecule has 0 fully saturated rings. The van der Waals surface area contributed by atoms with Crippen molar-refractivity contribution in [2.24, 2.45) is 0 Å². The van der Waals surface area contributed by atoms with E-state index in [-0.39, 0.29) is 5.69 Å². The summed E-state index contributed by atoms with van der Waals surface area (Å²) in [6.07, 6.45) is -4.52. The van der Waals surface area contributed by atoms with Gasteiger partial charge in [-0.25, -0.2) is 4.85 Å². The maximum atomic E-state index is 12.2. The molecule has 10 heteroatoms. The minimum absolute atomic E-state index is 0.000255. The molecule has 1 aromatic rings. The molecule has 0 bridgehead atoms. The second-order valence-corrected chi connectivity index (χ2v) is 4.17. The second kappa shape index (κ2) is 6.37. The summed E-state index contributed by atoms with van der Waals surface area (Å²) >= 11 is 0. The smallest absolute Gasteiger partial charge is 0.399 e. The Labute approximate surface area is 107 Å². The van der Waals surface area contributed by atoms with Gasteiger partial charge in [0.05, 0.1) is 19.2 Å². The topological polar surface area (TPSA) is 94.0 Å². The lowest BCUT2D eigenvalue weighted by Crippen LogP contribution is -2.05. The fourth-order valence-corrected chi connectivity index (χ4v) is 0.878. The molecule has 0 unspecified atom stereocenters. The van der Waals surface area contributed by atoms with Crippen molar-refractivity contribution in [1.29, 1.82) is 0 Å². The van der Waals surface area contributed by atoms with Gasteiger partial charge in [0.2, 0.25) is 0 Å². The van der Waals surface area contributed by atoms with Crippen molar-refractivity contribution in [3.8, 4) is 0 Å². The highest BCUT2D eigenvalue weighted by atomic mass is 32.3. The average Bonchev–Trinajstić information content (AvgIpc) is 2.28. The largest absolute Gasteiger partial charge is 0.407 e. The van der Waals surface area contributed by atoms with Crippen LogP contribution >= 0.6 is 0 Å². The third kappa shape index (κ3) is 6.61. The van der Waals surface area contributed by atoms with E-state index in [4.69, 9.17) is 16.9 Å². The van der Waals surface area contributed by atoms with E-state index in [1.54, 1.807) is 0 Å². The molecule has 0 aromatic heterocycles. The van der Waals surface area contributed by atoms with Crippen LogP contribution in [0.3, 0.4) is 0 Å². The Balaban J connectivity index is 0.000000459. The molecule has 0 atom stereocenters. The number of hydrogen-bond donors (Lipinski definition) is 2. The summed E-state index contributed by atoms with van der Waals surface area (Å²) in [4.78, 5) is 2.75. The van der Waals surface area contributed by atoms with Gasteiger partial charge in [-0.15, -0.1) is 0 Å². The van der Waals surface area contributed by atoms with Gasteiger partial charge in [0.25, 0.3) is 0 Å². The van der Waals surface area contributed by atoms with Crippen LogP contribution in [-0.4, -0.2) is 20.1 Å². The predicted molar refractivity (Wildman–Crippen MR) is 60.7 cm³/mol. The van der Waals surface area contributed by atoms with Gasteiger partial charge in [-0.05, 0) is 12.1 Å². The zero-order valence-electron chi connectivity index (χ0n) is 9.47. The molecule has 0 saturated heterocycles. The molecule has 1 rings (SSSR count). The predicted octanol–water partition coefficient (Wildman–Crippen LogP) is 2.27. The third-order valence-corrected chi connectivity index (χ3v) is 2.08. The van der Waals surface area contributed by atoms with Crippen LogP contribution in [0.1, 0.15) is 5.56 Å². The van der Waals surface area contributed by atoms with E-state index in [9.17, 15) is 21.6 Å². The van der Waals surface area contributed by atoms with E-state index in [1.807, 2.05) is 0 Å². The molecule has 0 heterocycles. The molecule has 0 aliphatic rings. The van der Waals surface area contributed by atoms with Crippen LogP contribution in [-0.2, 0) is 20.8 Å². The molecule has 0 aliphatic heterocycles. The van der Waals surface area contributed by atoms with Gasteiger partial charge >= 0.3 is 16.6 Å². The van der Waals surface area contributed by atoms with Crippen molar-refractivity contribution in [2.45, 2.75) is 6.18 Å². The number of nitrogens with two attached hydrogens (primary N) is 1. The van der Waals surface area contributed by atoms with Gasteiger partial charge in [0.15, 0.2) is 5.69 Å². The van der Waals surface area contributed by atoms with Crippen molar-refractivity contribution < 1.29 is 30.3 Å². The first-order valence-electron chi connectivity index (χ1n) is 4.38. The zero-order valence-corrected chi connectivity index (χ0v) is 10.3. The van der Waals surface area contributed by atoms with E-state index in [1.165, 1.54) is 6.07 Å². The van der Waals surface area contributed by atoms with E-state index in [0.29, 0.717) is 0 Å². The molecule has 3 N–H and O–H groups in total. The van der Waals surface area contributed by atoms with Crippen molar-refractivity contribution in [3.05, 3.63) is 35.2 Å². The van der Waals surface area contributed by atoms with Crippen LogP contribution in [0.5, 0.6) is 0 Å². The fourth-order valence-electron chi connectivity index (χ4n) is 0.878. The standard InChI is InChI=1S/C8H5F3N2.CH4O4S/c1-13-7-3-2-5(12)4-6(7)8(9,10)11;1-5-6(2,3)4/h2-4H,12H2;1H3,(H,2,3,4). The van der Waals surface area contributed by atoms with Gasteiger partial charge in [-0.3, -0.25) is 8.74 Å². The highest BCUT2D eigenvalue weighted by molar-refractivity contribution is 7.80. The molecule has 0 radical (unpaired) electrons. The maximum Gasteiger partial charge on any atom is 0.407 e. The van der Waals surface area contributed by atoms with Gasteiger partial charge in [-0.2, -0.15) is 21.6 Å². The van der Waals surface area contributed by atoms with Crippen LogP contribution in [0.4, 0.5) is 24.5 Å². The van der Waals surface area contributed by atoms with E-state index < -0.39 is 27.8 Å². The quantitative estimate of drug-likeness (QED) is 0.471. The number of nitrogens with zero attached hydrogens (tertiary/aromatic N) is 1. The van der Waals surface area contributed by atoms with E-state index in [0.717, 1.165) is 19.2 Å². The van der Waals surface area contributed by atoms with Crippen LogP contribution in [0.15, 0.2) is 18.2 Å². The number of benzene rings is 1. The lowest BCUT2D eigenvalue weighted by atomic mass is 10.1. The van der Waals surface area contributed by atoms with Crippen LogP contribution in [0.25, 0.3) is 4.85 Å². The maximum absolute atomic E-state index is 12.2. The second-order valence-electron chi connectivity index (χ2n) is 2.98. The molecule has 1 aromatic carbocycles. The Bertz CT molecular complexity index is 578. The minimum atomic E-state index is -4.52. The molecule has 0 amide bonds. The summed E-state index contributed by atoms with van der Waals surface area (Å²) in [5.41, 5.74) is 3.76. The van der Waals surface area contributed by atoms with Crippen LogP contribution in [0.2, 0.25) is 0 Å². The number of anilines is 1. The van der Waals surface area contributed by atoms with Gasteiger partial charge in [0.1, 0.15) is 0 Å². The molecule has 106 valence electrons. The average molecular weight is 298 g/mol. The summed E-state index contributed by atoms with van der Waals surface area (Å²) < 4.78 is 66.4. The van der Waals surface area contributed by atoms with Crippen LogP contribution < -0.4 is 5.73 Å². The van der Waals surface area contributed by atoms with Gasteiger partial charge < -0.3 is 5.73 Å². The Kier molecular flexibility index (Phi) is 5.76. The summed E-state index contributed by atoms with van der Waals surface area (Å²) in [6.45, 7) is 6.52. The first kappa shape index (κ1) is 17.2. The molecule has 0 saturated carbocycles. The Hall–Kier alpha value is -1.83. The normalized spacial score (nSPS) is 11.2. The Morgan fingerprint density at radius 3 is 2.21 bits per heavy atom. The number of hydrogen-bond acceptors (Lipinski definition) is 4. The summed E-state index contributed by atoms with van der Waals surface area (Å²) in [7, 11) is -3.29. The lowest BCUT2D eigenvalue weighted by Gasteiger charge is -2.08. The van der Waals surface area contributed by atoms with Gasteiger partial charge in [-0.1, -0.05) is 6.07 Å². The Morgan fingerprint density at radius 2 is 1.89 bits per heavy atom. The monoisotopic (exact) mass is 298 g/mol. The highest BCUT2D eigenvalue weighted by Crippen LogP contribution is 2.37. The van der Waals surface area contributed by atoms with Crippen molar-refractivity contribution >= 4 is 21.8 Å². The summed E-state index contributed by atoms with van der Waals surface area (Å²) in [5.74, 6) is 0. The third-order valence-electron chi connectivity index (χ3n) is 1.66. The first-order valence-corrected chi connectivity index (χ1v) is 5.75. The van der Waals surface area contributed by atoms with Crippen LogP contribution in [0, 0.1) is 6.57 Å². The fraction of sp³-hybridized carbons (Fsp3) is 0.222. The highest BCUT2D eigenvalue weighted by Gasteiger charge is 2.33. The lowest BCUT2D eigenvalue weighted by molar-refractivity contribution is -0.136. The first-order chi connectivity index (χ1) is 8.51. The molecule has 0 aliphatic carbocycles. The SMILES string of the molecule is COS(=O)(=O)O.[C-]#[N+]c1ccc(N)cc1C(F)(F)F. The summed E-state index contributed by atoms with van der Waals surface area (Å²) in [6, 6.07) is 3.08. The number of nitrogen functional groups attached to an aromatic ring is 1. The number of alkyl halides is 3. The molecule has 6 nitrogen and oxygen atoms in total. The minimum Gasteiger partial charge on any atom is -0.399 e. The van der Waals surface area contributed by atoms with Crippen molar-refractivity contribution in [3.63, 3.8) is 0 Å². The number of halogens is 3. The van der Waals surface area contributed by atoms with Gasteiger partial charge in [0, 0.05) is 5.69 Å². The van der Waals surface area contributed by atoms with E-state index >= 15 is 0 Å². The van der Waals surface area contributed by atoms with Crippen molar-refractivity contribution in [1.82, 2.24) is 0 Å². The number of rotatable bonds is 1. The summed E-state index contributed by atoms with van der Waals surface area (Å²) in [5, 5.41) is 0. The molecule has 19 heavy (non-hydrogen) atoms.